The van der Waals surface area contributed by atoms with Gasteiger partial charge in [0.05, 0.1) is 6.61 Å². The molecule has 0 radical (unpaired) electrons. The average molecular weight is 304 g/mol. The topological polar surface area (TPSA) is 45.7 Å². The molecule has 0 atom stereocenters. The Hall–Kier alpha value is -0.420. The number of nitrogens with zero attached hydrogens (tertiary/aromatic N) is 1. The second-order valence-corrected chi connectivity index (χ2v) is 6.17. The fourth-order valence-corrected chi connectivity index (χ4v) is 2.05. The number of aliphatic imine (C=N–C) groups is 1. The third kappa shape index (κ3) is 14.0. The molecule has 0 aliphatic rings. The van der Waals surface area contributed by atoms with E-state index < -0.39 is 0 Å². The minimum absolute atomic E-state index is 0.711. The van der Waals surface area contributed by atoms with Crippen LogP contribution in [0.1, 0.15) is 40.0 Å². The molecule has 0 bridgehead atoms. The van der Waals surface area contributed by atoms with Crippen molar-refractivity contribution in [2.75, 3.05) is 44.9 Å². The van der Waals surface area contributed by atoms with Crippen LogP contribution in [0.3, 0.4) is 0 Å². The zero-order valence-corrected chi connectivity index (χ0v) is 14.5. The van der Waals surface area contributed by atoms with Gasteiger partial charge in [-0.2, -0.15) is 11.8 Å². The number of unbranched alkanes of at least 4 members (excludes halogenated alkanes) is 1. The standard InChI is InChI=1S/C15H33N3OS/c1-5-16-15(17-9-6-7-13-20-4)18-10-12-19-11-8-14(2)3/h14H,5-13H2,1-4H3,(H2,16,17,18). The first-order valence-electron chi connectivity index (χ1n) is 7.79. The maximum Gasteiger partial charge on any atom is 0.191 e. The van der Waals surface area contributed by atoms with Gasteiger partial charge in [0.25, 0.3) is 0 Å². The predicted molar refractivity (Wildman–Crippen MR) is 91.9 cm³/mol. The zero-order valence-electron chi connectivity index (χ0n) is 13.7. The van der Waals surface area contributed by atoms with Gasteiger partial charge in [-0.05, 0) is 44.1 Å². The number of thioether (sulfide) groups is 1. The van der Waals surface area contributed by atoms with Crippen LogP contribution in [-0.4, -0.2) is 50.8 Å². The molecule has 120 valence electrons. The van der Waals surface area contributed by atoms with Crippen molar-refractivity contribution in [2.45, 2.75) is 40.0 Å². The van der Waals surface area contributed by atoms with Crippen molar-refractivity contribution in [2.24, 2.45) is 10.9 Å². The maximum absolute atomic E-state index is 5.58. The maximum atomic E-state index is 5.58. The van der Waals surface area contributed by atoms with Gasteiger partial charge in [-0.25, -0.2) is 0 Å². The quantitative estimate of drug-likeness (QED) is 0.331. The van der Waals surface area contributed by atoms with Crippen molar-refractivity contribution >= 4 is 17.7 Å². The lowest BCUT2D eigenvalue weighted by Gasteiger charge is -2.12. The molecule has 0 amide bonds. The van der Waals surface area contributed by atoms with Crippen LogP contribution < -0.4 is 10.6 Å². The van der Waals surface area contributed by atoms with Crippen molar-refractivity contribution in [3.63, 3.8) is 0 Å². The summed E-state index contributed by atoms with van der Waals surface area (Å²) in [7, 11) is 0. The lowest BCUT2D eigenvalue weighted by atomic mass is 10.1. The second-order valence-electron chi connectivity index (χ2n) is 5.18. The van der Waals surface area contributed by atoms with E-state index in [1.165, 1.54) is 12.2 Å². The van der Waals surface area contributed by atoms with Crippen molar-refractivity contribution in [1.29, 1.82) is 0 Å². The van der Waals surface area contributed by atoms with E-state index >= 15 is 0 Å². The third-order valence-electron chi connectivity index (χ3n) is 2.75. The van der Waals surface area contributed by atoms with E-state index in [2.05, 4.69) is 42.7 Å². The molecule has 0 aliphatic carbocycles. The molecular weight excluding hydrogens is 270 g/mol. The van der Waals surface area contributed by atoms with E-state index in [9.17, 15) is 0 Å². The number of rotatable bonds is 12. The van der Waals surface area contributed by atoms with Gasteiger partial charge in [0.1, 0.15) is 0 Å². The minimum atomic E-state index is 0.711. The van der Waals surface area contributed by atoms with Crippen molar-refractivity contribution in [3.05, 3.63) is 0 Å². The van der Waals surface area contributed by atoms with E-state index in [0.29, 0.717) is 5.92 Å². The summed E-state index contributed by atoms with van der Waals surface area (Å²) in [6.45, 7) is 10.7. The first-order valence-corrected chi connectivity index (χ1v) is 9.19. The van der Waals surface area contributed by atoms with Gasteiger partial charge in [-0.3, -0.25) is 4.99 Å². The highest BCUT2D eigenvalue weighted by atomic mass is 32.2. The molecule has 0 aromatic carbocycles. The SMILES string of the molecule is CCNC(=NCCCCSC)NCCOCCC(C)C. The smallest absolute Gasteiger partial charge is 0.191 e. The van der Waals surface area contributed by atoms with E-state index in [-0.39, 0.29) is 0 Å². The predicted octanol–water partition coefficient (Wildman–Crippen LogP) is 2.75. The van der Waals surface area contributed by atoms with Crippen LogP contribution in [0.5, 0.6) is 0 Å². The summed E-state index contributed by atoms with van der Waals surface area (Å²) in [4.78, 5) is 4.56. The summed E-state index contributed by atoms with van der Waals surface area (Å²) >= 11 is 1.90. The molecule has 0 spiro atoms. The Labute approximate surface area is 129 Å². The van der Waals surface area contributed by atoms with Crippen molar-refractivity contribution in [3.8, 4) is 0 Å². The number of guanidine groups is 1. The molecule has 0 rings (SSSR count). The molecule has 0 unspecified atom stereocenters. The third-order valence-corrected chi connectivity index (χ3v) is 3.45. The Bertz CT molecular complexity index is 235. The Morgan fingerprint density at radius 2 is 2.00 bits per heavy atom. The van der Waals surface area contributed by atoms with Gasteiger partial charge in [0.15, 0.2) is 5.96 Å². The van der Waals surface area contributed by atoms with Crippen molar-refractivity contribution in [1.82, 2.24) is 10.6 Å². The number of ether oxygens (including phenoxy) is 1. The lowest BCUT2D eigenvalue weighted by Crippen LogP contribution is -2.39. The van der Waals surface area contributed by atoms with E-state index in [0.717, 1.165) is 51.6 Å². The highest BCUT2D eigenvalue weighted by molar-refractivity contribution is 7.98. The van der Waals surface area contributed by atoms with Crippen LogP contribution in [0.2, 0.25) is 0 Å². The summed E-state index contributed by atoms with van der Waals surface area (Å²) in [5, 5.41) is 6.57. The summed E-state index contributed by atoms with van der Waals surface area (Å²) < 4.78 is 5.58. The highest BCUT2D eigenvalue weighted by Gasteiger charge is 1.97. The summed E-state index contributed by atoms with van der Waals surface area (Å²) in [6.07, 6.45) is 5.67. The summed E-state index contributed by atoms with van der Waals surface area (Å²) in [5.74, 6) is 2.84. The molecule has 0 saturated heterocycles. The molecule has 0 aromatic rings. The summed E-state index contributed by atoms with van der Waals surface area (Å²) in [5.41, 5.74) is 0. The van der Waals surface area contributed by atoms with Gasteiger partial charge in [-0.1, -0.05) is 13.8 Å². The Kier molecular flexibility index (Phi) is 14.7. The van der Waals surface area contributed by atoms with Gasteiger partial charge < -0.3 is 15.4 Å². The van der Waals surface area contributed by atoms with Crippen LogP contribution in [0.25, 0.3) is 0 Å². The Morgan fingerprint density at radius 3 is 2.65 bits per heavy atom. The minimum Gasteiger partial charge on any atom is -0.380 e. The molecule has 0 aliphatic heterocycles. The fourth-order valence-electron chi connectivity index (χ4n) is 1.55. The number of hydrogen-bond acceptors (Lipinski definition) is 3. The van der Waals surface area contributed by atoms with Gasteiger partial charge in [0.2, 0.25) is 0 Å². The highest BCUT2D eigenvalue weighted by Crippen LogP contribution is 1.99. The van der Waals surface area contributed by atoms with Gasteiger partial charge >= 0.3 is 0 Å². The average Bonchev–Trinajstić information content (AvgIpc) is 2.41. The molecule has 0 saturated carbocycles. The van der Waals surface area contributed by atoms with Crippen LogP contribution in [0.15, 0.2) is 4.99 Å². The van der Waals surface area contributed by atoms with Crippen LogP contribution >= 0.6 is 11.8 Å². The molecule has 0 aromatic heterocycles. The van der Waals surface area contributed by atoms with Crippen molar-refractivity contribution < 1.29 is 4.74 Å². The monoisotopic (exact) mass is 303 g/mol. The zero-order chi connectivity index (χ0) is 15.1. The lowest BCUT2D eigenvalue weighted by molar-refractivity contribution is 0.128. The largest absolute Gasteiger partial charge is 0.380 e. The van der Waals surface area contributed by atoms with E-state index in [4.69, 9.17) is 4.74 Å². The van der Waals surface area contributed by atoms with E-state index in [1.54, 1.807) is 0 Å². The molecule has 2 N–H and O–H groups in total. The van der Waals surface area contributed by atoms with Crippen LogP contribution in [-0.2, 0) is 4.74 Å². The molecule has 4 nitrogen and oxygen atoms in total. The van der Waals surface area contributed by atoms with Crippen LogP contribution in [0.4, 0.5) is 0 Å². The first-order chi connectivity index (χ1) is 9.70. The fraction of sp³-hybridized carbons (Fsp3) is 0.933. The van der Waals surface area contributed by atoms with Crippen LogP contribution in [0, 0.1) is 5.92 Å². The van der Waals surface area contributed by atoms with Gasteiger partial charge in [0, 0.05) is 26.2 Å². The molecular formula is C15H33N3OS. The normalized spacial score (nSPS) is 11.9. The molecule has 0 fully saturated rings. The van der Waals surface area contributed by atoms with Gasteiger partial charge in [-0.15, -0.1) is 0 Å². The Balaban J connectivity index is 3.65. The molecule has 20 heavy (non-hydrogen) atoms. The molecule has 5 heteroatoms. The summed E-state index contributed by atoms with van der Waals surface area (Å²) in [6, 6.07) is 0. The number of hydrogen-bond donors (Lipinski definition) is 2. The van der Waals surface area contributed by atoms with E-state index in [1.807, 2.05) is 11.8 Å². The second kappa shape index (κ2) is 15.0. The first kappa shape index (κ1) is 19.6. The molecule has 0 heterocycles. The number of nitrogens with one attached hydrogen (secondary N) is 2. The Morgan fingerprint density at radius 1 is 1.20 bits per heavy atom.